The third-order valence-electron chi connectivity index (χ3n) is 4.90. The molecule has 1 aliphatic heterocycles. The zero-order valence-corrected chi connectivity index (χ0v) is 16.8. The summed E-state index contributed by atoms with van der Waals surface area (Å²) in [6.07, 6.45) is 2.48. The van der Waals surface area contributed by atoms with Crippen molar-refractivity contribution in [3.63, 3.8) is 0 Å². The molecule has 2 amide bonds. The zero-order chi connectivity index (χ0) is 20.5. The molecule has 0 saturated carbocycles. The van der Waals surface area contributed by atoms with Gasteiger partial charge < -0.3 is 19.7 Å². The molecule has 0 bridgehead atoms. The molecule has 6 heteroatoms. The molecule has 6 nitrogen and oxygen atoms in total. The van der Waals surface area contributed by atoms with Crippen LogP contribution in [0.2, 0.25) is 0 Å². The molecule has 0 spiro atoms. The molecule has 0 radical (unpaired) electrons. The van der Waals surface area contributed by atoms with Crippen LogP contribution in [0.5, 0.6) is 11.5 Å². The van der Waals surface area contributed by atoms with Crippen LogP contribution >= 0.6 is 0 Å². The molecular formula is C23H28N2O4. The van der Waals surface area contributed by atoms with Crippen LogP contribution in [0.15, 0.2) is 54.6 Å². The molecule has 29 heavy (non-hydrogen) atoms. The maximum absolute atomic E-state index is 13.0. The van der Waals surface area contributed by atoms with Gasteiger partial charge in [0.25, 0.3) is 5.91 Å². The topological polar surface area (TPSA) is 67.9 Å². The largest absolute Gasteiger partial charge is 0.494 e. The summed E-state index contributed by atoms with van der Waals surface area (Å²) >= 11 is 0. The number of nitrogens with one attached hydrogen (secondary N) is 1. The Kier molecular flexibility index (Phi) is 7.50. The Hall–Kier alpha value is -3.02. The number of benzene rings is 2. The highest BCUT2D eigenvalue weighted by atomic mass is 16.5. The number of hydrogen-bond donors (Lipinski definition) is 1. The summed E-state index contributed by atoms with van der Waals surface area (Å²) in [6, 6.07) is 16.4. The lowest BCUT2D eigenvalue weighted by Crippen LogP contribution is -2.49. The number of nitrogens with zero attached hydrogens (tertiary/aromatic N) is 1. The van der Waals surface area contributed by atoms with E-state index in [2.05, 4.69) is 5.32 Å². The molecule has 1 saturated heterocycles. The summed E-state index contributed by atoms with van der Waals surface area (Å²) in [5, 5.41) is 2.92. The highest BCUT2D eigenvalue weighted by Gasteiger charge is 2.31. The van der Waals surface area contributed by atoms with Gasteiger partial charge in [-0.05, 0) is 56.0 Å². The van der Waals surface area contributed by atoms with Gasteiger partial charge in [0.1, 0.15) is 17.5 Å². The first-order valence-electron chi connectivity index (χ1n) is 10.1. The average Bonchev–Trinajstić information content (AvgIpc) is 2.96. The van der Waals surface area contributed by atoms with Crippen LogP contribution in [0, 0.1) is 0 Å². The summed E-state index contributed by atoms with van der Waals surface area (Å²) < 4.78 is 11.1. The van der Waals surface area contributed by atoms with E-state index in [1.165, 1.54) is 0 Å². The Bertz CT molecular complexity index is 792. The Labute approximate surface area is 171 Å². The van der Waals surface area contributed by atoms with Crippen molar-refractivity contribution >= 4 is 11.8 Å². The number of hydrogen-bond acceptors (Lipinski definition) is 4. The van der Waals surface area contributed by atoms with Crippen LogP contribution in [-0.4, -0.2) is 42.5 Å². The highest BCUT2D eigenvalue weighted by Crippen LogP contribution is 2.19. The van der Waals surface area contributed by atoms with Gasteiger partial charge in [0.2, 0.25) is 5.91 Å². The van der Waals surface area contributed by atoms with Crippen LogP contribution in [0.25, 0.3) is 0 Å². The van der Waals surface area contributed by atoms with Gasteiger partial charge in [0, 0.05) is 13.1 Å². The zero-order valence-electron chi connectivity index (χ0n) is 16.8. The summed E-state index contributed by atoms with van der Waals surface area (Å²) in [4.78, 5) is 27.3. The van der Waals surface area contributed by atoms with Crippen molar-refractivity contribution < 1.29 is 19.1 Å². The van der Waals surface area contributed by atoms with E-state index in [1.54, 1.807) is 4.90 Å². The lowest BCUT2D eigenvalue weighted by molar-refractivity contribution is -0.142. The van der Waals surface area contributed by atoms with Gasteiger partial charge in [-0.3, -0.25) is 9.59 Å². The number of ether oxygens (including phenoxy) is 2. The van der Waals surface area contributed by atoms with Crippen molar-refractivity contribution in [1.29, 1.82) is 0 Å². The second kappa shape index (κ2) is 10.5. The SMILES string of the molecule is CCOc1ccc(CN(C(=O)COc2ccccc2)C2CCCCNC2=O)cc1. The molecule has 0 aliphatic carbocycles. The molecular weight excluding hydrogens is 368 g/mol. The van der Waals surface area contributed by atoms with Crippen LogP contribution in [0.1, 0.15) is 31.7 Å². The Morgan fingerprint density at radius 1 is 1.03 bits per heavy atom. The average molecular weight is 396 g/mol. The summed E-state index contributed by atoms with van der Waals surface area (Å²) in [7, 11) is 0. The minimum absolute atomic E-state index is 0.0958. The highest BCUT2D eigenvalue weighted by molar-refractivity contribution is 5.88. The monoisotopic (exact) mass is 396 g/mol. The molecule has 2 aromatic carbocycles. The molecule has 154 valence electrons. The van der Waals surface area contributed by atoms with Gasteiger partial charge in [-0.25, -0.2) is 0 Å². The third kappa shape index (κ3) is 5.98. The number of carbonyl (C=O) groups is 2. The minimum Gasteiger partial charge on any atom is -0.494 e. The standard InChI is InChI=1S/C23H28N2O4/c1-2-28-20-13-11-18(12-14-20)16-25(21-10-6-7-15-24-23(21)27)22(26)17-29-19-8-4-3-5-9-19/h3-5,8-9,11-14,21H,2,6-7,10,15-17H2,1H3,(H,24,27). The van der Waals surface area contributed by atoms with E-state index in [-0.39, 0.29) is 18.4 Å². The quantitative estimate of drug-likeness (QED) is 0.744. The predicted molar refractivity (Wildman–Crippen MR) is 111 cm³/mol. The first kappa shape index (κ1) is 20.7. The summed E-state index contributed by atoms with van der Waals surface area (Å²) in [5.41, 5.74) is 0.943. The normalized spacial score (nSPS) is 16.4. The van der Waals surface area contributed by atoms with E-state index in [9.17, 15) is 9.59 Å². The number of rotatable bonds is 8. The van der Waals surface area contributed by atoms with Crippen LogP contribution in [0.3, 0.4) is 0 Å². The lowest BCUT2D eigenvalue weighted by Gasteiger charge is -2.30. The van der Waals surface area contributed by atoms with E-state index in [0.717, 1.165) is 24.2 Å². The van der Waals surface area contributed by atoms with Crippen LogP contribution in [0.4, 0.5) is 0 Å². The fourth-order valence-electron chi connectivity index (χ4n) is 3.39. The number of carbonyl (C=O) groups excluding carboxylic acids is 2. The summed E-state index contributed by atoms with van der Waals surface area (Å²) in [6.45, 7) is 3.43. The van der Waals surface area contributed by atoms with Crippen molar-refractivity contribution in [3.05, 3.63) is 60.2 Å². The molecule has 3 rings (SSSR count). The van der Waals surface area contributed by atoms with Gasteiger partial charge in [-0.15, -0.1) is 0 Å². The number of amides is 2. The van der Waals surface area contributed by atoms with Crippen molar-refractivity contribution in [3.8, 4) is 11.5 Å². The first-order chi connectivity index (χ1) is 14.2. The molecule has 1 unspecified atom stereocenters. The van der Waals surface area contributed by atoms with Crippen molar-refractivity contribution in [2.24, 2.45) is 0 Å². The van der Waals surface area contributed by atoms with Crippen molar-refractivity contribution in [1.82, 2.24) is 10.2 Å². The smallest absolute Gasteiger partial charge is 0.261 e. The molecule has 1 aliphatic rings. The van der Waals surface area contributed by atoms with Crippen molar-refractivity contribution in [2.45, 2.75) is 38.8 Å². The van der Waals surface area contributed by atoms with Gasteiger partial charge in [-0.2, -0.15) is 0 Å². The maximum atomic E-state index is 13.0. The minimum atomic E-state index is -0.490. The predicted octanol–water partition coefficient (Wildman–Crippen LogP) is 3.16. The third-order valence-corrected chi connectivity index (χ3v) is 4.90. The molecule has 1 heterocycles. The molecule has 1 fully saturated rings. The van der Waals surface area contributed by atoms with Gasteiger partial charge in [0.15, 0.2) is 6.61 Å². The molecule has 1 atom stereocenters. The lowest BCUT2D eigenvalue weighted by atomic mass is 10.1. The van der Waals surface area contributed by atoms with Gasteiger partial charge in [-0.1, -0.05) is 30.3 Å². The molecule has 2 aromatic rings. The fourth-order valence-corrected chi connectivity index (χ4v) is 3.39. The summed E-state index contributed by atoms with van der Waals surface area (Å²) in [5.74, 6) is 1.12. The van der Waals surface area contributed by atoms with Crippen molar-refractivity contribution in [2.75, 3.05) is 19.8 Å². The van der Waals surface area contributed by atoms with E-state index >= 15 is 0 Å². The first-order valence-corrected chi connectivity index (χ1v) is 10.1. The Morgan fingerprint density at radius 2 is 1.76 bits per heavy atom. The number of para-hydroxylation sites is 1. The van der Waals surface area contributed by atoms with E-state index in [4.69, 9.17) is 9.47 Å². The molecule has 0 aromatic heterocycles. The van der Waals surface area contributed by atoms with E-state index < -0.39 is 6.04 Å². The Morgan fingerprint density at radius 3 is 2.48 bits per heavy atom. The van der Waals surface area contributed by atoms with E-state index in [1.807, 2.05) is 61.5 Å². The van der Waals surface area contributed by atoms with E-state index in [0.29, 0.717) is 31.9 Å². The molecule has 1 N–H and O–H groups in total. The maximum Gasteiger partial charge on any atom is 0.261 e. The fraction of sp³-hybridized carbons (Fsp3) is 0.391. The second-order valence-electron chi connectivity index (χ2n) is 7.00. The second-order valence-corrected chi connectivity index (χ2v) is 7.00. The van der Waals surface area contributed by atoms with Crippen LogP contribution in [-0.2, 0) is 16.1 Å². The van der Waals surface area contributed by atoms with Gasteiger partial charge in [0.05, 0.1) is 6.61 Å². The van der Waals surface area contributed by atoms with Gasteiger partial charge >= 0.3 is 0 Å². The van der Waals surface area contributed by atoms with Crippen LogP contribution < -0.4 is 14.8 Å². The Balaban J connectivity index is 1.74.